The molecule has 0 aliphatic rings. The summed E-state index contributed by atoms with van der Waals surface area (Å²) >= 11 is 9.28. The molecule has 0 heterocycles. The van der Waals surface area contributed by atoms with Crippen LogP contribution >= 0.6 is 11.4 Å². The summed E-state index contributed by atoms with van der Waals surface area (Å²) in [6, 6.07) is 12.1. The summed E-state index contributed by atoms with van der Waals surface area (Å²) in [6.45, 7) is 8.90. The molecule has 0 unspecified atom stereocenters. The van der Waals surface area contributed by atoms with Crippen LogP contribution in [0.3, 0.4) is 0 Å². The van der Waals surface area contributed by atoms with Crippen LogP contribution in [0.4, 0.5) is 0 Å². The molecule has 0 spiro atoms. The van der Waals surface area contributed by atoms with Gasteiger partial charge in [0.25, 0.3) is 0 Å². The third-order valence-corrected chi connectivity index (χ3v) is 14.5. The van der Waals surface area contributed by atoms with Crippen LogP contribution in [0.5, 0.6) is 0 Å². The van der Waals surface area contributed by atoms with Gasteiger partial charge in [-0.15, -0.1) is 11.4 Å². The maximum absolute atomic E-state index is 11.6. The van der Waals surface area contributed by atoms with Crippen LogP contribution in [0.1, 0.15) is 178 Å². The molecule has 0 aliphatic heterocycles. The van der Waals surface area contributed by atoms with E-state index in [9.17, 15) is 19.6 Å². The first-order chi connectivity index (χ1) is 24.0. The molecule has 0 bridgehead atoms. The molecule has 0 radical (unpaired) electrons. The molecule has 0 saturated carbocycles. The van der Waals surface area contributed by atoms with Crippen LogP contribution in [-0.2, 0) is 130 Å². The summed E-state index contributed by atoms with van der Waals surface area (Å²) in [5.41, 5.74) is -2.46. The summed E-state index contributed by atoms with van der Waals surface area (Å²) in [5.74, 6) is 0. The van der Waals surface area contributed by atoms with E-state index in [1.54, 1.807) is 0 Å². The first-order valence-electron chi connectivity index (χ1n) is 19.6. The van der Waals surface area contributed by atoms with Crippen molar-refractivity contribution in [2.75, 3.05) is 0 Å². The normalized spacial score (nSPS) is 11.1. The molecule has 53 heavy (non-hydrogen) atoms. The van der Waals surface area contributed by atoms with Gasteiger partial charge in [0.05, 0.1) is 0 Å². The summed E-state index contributed by atoms with van der Waals surface area (Å²) in [6.07, 6.45) is 28.8. The predicted octanol–water partition coefficient (Wildman–Crippen LogP) is 10.2. The minimum Gasteiger partial charge on any atom is -0.815 e. The van der Waals surface area contributed by atoms with Crippen LogP contribution in [0.2, 0.25) is 0 Å². The van der Waals surface area contributed by atoms with Crippen molar-refractivity contribution in [3.05, 3.63) is 58.7 Å². The number of hydrogen-bond donors (Lipinski definition) is 0. The molecule has 2 aromatic carbocycles. The van der Waals surface area contributed by atoms with Crippen molar-refractivity contribution in [2.45, 2.75) is 192 Å². The van der Waals surface area contributed by atoms with Gasteiger partial charge in [-0.3, -0.25) is 0 Å². The molecule has 0 amide bonds. The van der Waals surface area contributed by atoms with Gasteiger partial charge < -0.3 is 44.1 Å². The van der Waals surface area contributed by atoms with Gasteiger partial charge in [0.15, 0.2) is 0 Å². The standard InChI is InChI=1S/2C20H33O2PS2.3Zn/c2*1-3-5-7-9-11-14-18-15-13-17-20(25-23(21,22)24)19(18)16-12-10-8-6-4-2;;;/h2*13,15,17H,3-12,14,16H2,1-2H3;;;/q2*-2;3*+2. The smallest absolute Gasteiger partial charge is 0.815 e. The van der Waals surface area contributed by atoms with Crippen molar-refractivity contribution in [1.29, 1.82) is 0 Å². The molecule has 0 aromatic heterocycles. The molecular formula is C40H66O4P2S4Zn3+2. The van der Waals surface area contributed by atoms with E-state index in [-0.39, 0.29) is 58.4 Å². The Hall–Kier alpha value is 2.15. The van der Waals surface area contributed by atoms with Gasteiger partial charge in [-0.1, -0.05) is 155 Å². The zero-order chi connectivity index (χ0) is 37.1. The van der Waals surface area contributed by atoms with Crippen LogP contribution < -0.4 is 19.6 Å². The van der Waals surface area contributed by atoms with E-state index >= 15 is 0 Å². The number of rotatable bonds is 26. The predicted molar refractivity (Wildman–Crippen MR) is 223 cm³/mol. The number of hydrogen-bond acceptors (Lipinski definition) is 6. The van der Waals surface area contributed by atoms with Crippen molar-refractivity contribution in [2.24, 2.45) is 0 Å². The average molecular weight is 997 g/mol. The Kier molecular flexibility index (Phi) is 41.7. The Morgan fingerprint density at radius 1 is 0.415 bits per heavy atom. The fourth-order valence-corrected chi connectivity index (χ4v) is 11.7. The number of unbranched alkanes of at least 4 members (excludes halogenated alkanes) is 16. The van der Waals surface area contributed by atoms with Crippen molar-refractivity contribution < 1.29 is 78.0 Å². The first-order valence-corrected chi connectivity index (χ1v) is 27.7. The van der Waals surface area contributed by atoms with Gasteiger partial charge in [-0.25, -0.2) is 0 Å². The zero-order valence-corrected chi connectivity index (χ0v) is 47.7. The number of benzene rings is 2. The Morgan fingerprint density at radius 3 is 0.943 bits per heavy atom. The van der Waals surface area contributed by atoms with Crippen LogP contribution in [0, 0.1) is 0 Å². The van der Waals surface area contributed by atoms with Crippen LogP contribution in [-0.4, -0.2) is 0 Å². The molecular weight excluding hydrogens is 931 g/mol. The van der Waals surface area contributed by atoms with Gasteiger partial charge in [0.1, 0.15) is 21.9 Å². The molecule has 0 atom stereocenters. The molecule has 0 fully saturated rings. The monoisotopic (exact) mass is 992 g/mol. The maximum atomic E-state index is 11.6. The largest absolute Gasteiger partial charge is 2.00 e. The van der Waals surface area contributed by atoms with Crippen molar-refractivity contribution in [1.82, 2.24) is 0 Å². The van der Waals surface area contributed by atoms with Gasteiger partial charge >= 0.3 is 58.4 Å². The topological polar surface area (TPSA) is 92.2 Å². The van der Waals surface area contributed by atoms with Crippen molar-refractivity contribution in [3.8, 4) is 0 Å². The summed E-state index contributed by atoms with van der Waals surface area (Å²) in [4.78, 5) is 48.2. The Balaban J connectivity index is -0.000000893. The van der Waals surface area contributed by atoms with Crippen molar-refractivity contribution in [3.63, 3.8) is 0 Å². The zero-order valence-electron chi connectivity index (χ0n) is 33.7. The van der Waals surface area contributed by atoms with E-state index in [0.29, 0.717) is 0 Å². The van der Waals surface area contributed by atoms with E-state index in [0.717, 1.165) is 70.2 Å². The molecule has 4 nitrogen and oxygen atoms in total. The van der Waals surface area contributed by atoms with Crippen molar-refractivity contribution >= 4 is 57.8 Å². The molecule has 2 rings (SSSR count). The van der Waals surface area contributed by atoms with Gasteiger partial charge in [-0.2, -0.15) is 0 Å². The Labute approximate surface area is 382 Å². The van der Waals surface area contributed by atoms with E-state index in [1.165, 1.54) is 138 Å². The quantitative estimate of drug-likeness (QED) is 0.0307. The minimum absolute atomic E-state index is 0. The fraction of sp³-hybridized carbons (Fsp3) is 0.700. The molecule has 0 N–H and O–H groups in total. The molecule has 2 aromatic rings. The molecule has 13 heteroatoms. The third kappa shape index (κ3) is 31.7. The van der Waals surface area contributed by atoms with Gasteiger partial charge in [0.2, 0.25) is 9.79 Å². The maximum Gasteiger partial charge on any atom is 2.00 e. The fourth-order valence-electron chi connectivity index (χ4n) is 6.32. The van der Waals surface area contributed by atoms with E-state index in [1.807, 2.05) is 24.3 Å². The van der Waals surface area contributed by atoms with Gasteiger partial charge in [-0.05, 0) is 62.5 Å². The van der Waals surface area contributed by atoms with E-state index in [2.05, 4.69) is 64.3 Å². The van der Waals surface area contributed by atoms with Gasteiger partial charge in [0, 0.05) is 23.3 Å². The molecule has 0 aliphatic carbocycles. The summed E-state index contributed by atoms with van der Waals surface area (Å²) < 4.78 is 0. The van der Waals surface area contributed by atoms with Crippen LogP contribution in [0.15, 0.2) is 46.2 Å². The summed E-state index contributed by atoms with van der Waals surface area (Å²) in [5, 5.41) is 0. The third-order valence-electron chi connectivity index (χ3n) is 9.04. The van der Waals surface area contributed by atoms with E-state index < -0.39 is 11.4 Å². The summed E-state index contributed by atoms with van der Waals surface area (Å²) in [7, 11) is 1.74. The SMILES string of the molecule is CCCCCCCc1cccc([S+]=P([O-])([O-])[S-])c1CCCCCCC.CCCCCCCc1cccc([S+]=P([O-])([O-])[S-])c1CCCCCCC.[Zn+2].[Zn+2].[Zn+2]. The Morgan fingerprint density at radius 2 is 0.679 bits per heavy atom. The number of aryl methyl sites for hydroxylation is 2. The minimum atomic E-state index is -3.77. The Bertz CT molecular complexity index is 1180. The average Bonchev–Trinajstić information content (AvgIpc) is 3.05. The molecule has 288 valence electrons. The second-order valence-electron chi connectivity index (χ2n) is 13.5. The van der Waals surface area contributed by atoms with E-state index in [4.69, 9.17) is 0 Å². The van der Waals surface area contributed by atoms with Crippen LogP contribution in [0.25, 0.3) is 0 Å². The molecule has 0 saturated heterocycles. The first kappa shape index (κ1) is 59.5. The second-order valence-corrected chi connectivity index (χ2v) is 24.8. The second kappa shape index (κ2) is 37.2.